The first kappa shape index (κ1) is 15.8. The van der Waals surface area contributed by atoms with Crippen molar-refractivity contribution in [2.24, 2.45) is 0 Å². The van der Waals surface area contributed by atoms with Crippen molar-refractivity contribution in [2.75, 3.05) is 39.0 Å². The van der Waals surface area contributed by atoms with Gasteiger partial charge in [0.25, 0.3) is 5.91 Å². The highest BCUT2D eigenvalue weighted by Crippen LogP contribution is 2.22. The Hall–Kier alpha value is -1.59. The number of β-amino-alcohol motifs (C(OH)–C–C–N with tert-alkyl or cyclic N) is 1. The molecule has 2 rings (SSSR count). The second kappa shape index (κ2) is 6.91. The number of anilines is 1. The molecular formula is C16H25N3O2. The van der Waals surface area contributed by atoms with E-state index in [1.165, 1.54) is 0 Å². The number of aliphatic hydroxyl groups is 1. The van der Waals surface area contributed by atoms with E-state index in [4.69, 9.17) is 0 Å². The number of hydrogen-bond donors (Lipinski definition) is 2. The van der Waals surface area contributed by atoms with Gasteiger partial charge in [0, 0.05) is 36.9 Å². The van der Waals surface area contributed by atoms with Crippen LogP contribution >= 0.6 is 0 Å². The Labute approximate surface area is 126 Å². The predicted molar refractivity (Wildman–Crippen MR) is 84.6 cm³/mol. The number of nitrogens with zero attached hydrogens (tertiary/aromatic N) is 2. The van der Waals surface area contributed by atoms with E-state index >= 15 is 0 Å². The SMILES string of the molecule is CCNc1ccc(C(=O)N2CC(O)CC2CN(C)C)cc1. The van der Waals surface area contributed by atoms with Crippen molar-refractivity contribution >= 4 is 11.6 Å². The number of likely N-dealkylation sites (N-methyl/N-ethyl adjacent to an activating group) is 1. The minimum absolute atomic E-state index is 0.00134. The molecule has 0 saturated carbocycles. The van der Waals surface area contributed by atoms with Crippen LogP contribution < -0.4 is 5.32 Å². The molecule has 0 bridgehead atoms. The number of hydrogen-bond acceptors (Lipinski definition) is 4. The quantitative estimate of drug-likeness (QED) is 0.857. The van der Waals surface area contributed by atoms with Crippen LogP contribution in [0.4, 0.5) is 5.69 Å². The molecule has 21 heavy (non-hydrogen) atoms. The first-order valence-corrected chi connectivity index (χ1v) is 7.49. The summed E-state index contributed by atoms with van der Waals surface area (Å²) in [6, 6.07) is 7.61. The summed E-state index contributed by atoms with van der Waals surface area (Å²) in [5.74, 6) is 0.00134. The summed E-state index contributed by atoms with van der Waals surface area (Å²) in [5.41, 5.74) is 1.69. The first-order valence-electron chi connectivity index (χ1n) is 7.49. The molecule has 2 atom stereocenters. The molecule has 2 unspecified atom stereocenters. The van der Waals surface area contributed by atoms with Gasteiger partial charge in [-0.15, -0.1) is 0 Å². The van der Waals surface area contributed by atoms with Gasteiger partial charge in [-0.3, -0.25) is 4.79 Å². The van der Waals surface area contributed by atoms with E-state index in [0.717, 1.165) is 18.8 Å². The molecule has 1 heterocycles. The average molecular weight is 291 g/mol. The van der Waals surface area contributed by atoms with E-state index in [9.17, 15) is 9.90 Å². The molecule has 1 amide bonds. The zero-order valence-electron chi connectivity index (χ0n) is 13.0. The van der Waals surface area contributed by atoms with Gasteiger partial charge in [-0.25, -0.2) is 0 Å². The van der Waals surface area contributed by atoms with Gasteiger partial charge in [0.05, 0.1) is 6.10 Å². The fourth-order valence-electron chi connectivity index (χ4n) is 2.84. The molecule has 0 aromatic heterocycles. The van der Waals surface area contributed by atoms with Crippen LogP contribution in [0.5, 0.6) is 0 Å². The van der Waals surface area contributed by atoms with Crippen molar-refractivity contribution in [3.8, 4) is 0 Å². The zero-order valence-corrected chi connectivity index (χ0v) is 13.0. The predicted octanol–water partition coefficient (Wildman–Crippen LogP) is 1.26. The second-order valence-corrected chi connectivity index (χ2v) is 5.87. The fraction of sp³-hybridized carbons (Fsp3) is 0.562. The van der Waals surface area contributed by atoms with Crippen molar-refractivity contribution in [3.63, 3.8) is 0 Å². The van der Waals surface area contributed by atoms with Crippen LogP contribution in [0.2, 0.25) is 0 Å². The maximum Gasteiger partial charge on any atom is 0.254 e. The average Bonchev–Trinajstić information content (AvgIpc) is 2.79. The van der Waals surface area contributed by atoms with Gasteiger partial charge in [0.2, 0.25) is 0 Å². The molecule has 116 valence electrons. The standard InChI is InChI=1S/C16H25N3O2/c1-4-17-13-7-5-12(6-8-13)16(21)19-11-15(20)9-14(19)10-18(2)3/h5-8,14-15,17,20H,4,9-11H2,1-3H3. The monoisotopic (exact) mass is 291 g/mol. The minimum atomic E-state index is -0.417. The molecular weight excluding hydrogens is 266 g/mol. The van der Waals surface area contributed by atoms with Crippen LogP contribution in [0.15, 0.2) is 24.3 Å². The van der Waals surface area contributed by atoms with Gasteiger partial charge in [0.15, 0.2) is 0 Å². The highest BCUT2D eigenvalue weighted by Gasteiger charge is 2.34. The Morgan fingerprint density at radius 2 is 2.05 bits per heavy atom. The van der Waals surface area contributed by atoms with Gasteiger partial charge in [-0.2, -0.15) is 0 Å². The van der Waals surface area contributed by atoms with Crippen molar-refractivity contribution in [1.29, 1.82) is 0 Å². The van der Waals surface area contributed by atoms with Crippen LogP contribution in [0.1, 0.15) is 23.7 Å². The summed E-state index contributed by atoms with van der Waals surface area (Å²) >= 11 is 0. The summed E-state index contributed by atoms with van der Waals surface area (Å²) in [4.78, 5) is 16.5. The van der Waals surface area contributed by atoms with Crippen LogP contribution in [-0.2, 0) is 0 Å². The fourth-order valence-corrected chi connectivity index (χ4v) is 2.84. The smallest absolute Gasteiger partial charge is 0.254 e. The Morgan fingerprint density at radius 3 is 2.62 bits per heavy atom. The molecule has 1 saturated heterocycles. The first-order chi connectivity index (χ1) is 10.0. The molecule has 5 heteroatoms. The maximum absolute atomic E-state index is 12.6. The van der Waals surface area contributed by atoms with Crippen molar-refractivity contribution < 1.29 is 9.90 Å². The van der Waals surface area contributed by atoms with Crippen LogP contribution in [0.25, 0.3) is 0 Å². The Morgan fingerprint density at radius 1 is 1.38 bits per heavy atom. The van der Waals surface area contributed by atoms with E-state index in [1.54, 1.807) is 4.90 Å². The number of nitrogens with one attached hydrogen (secondary N) is 1. The van der Waals surface area contributed by atoms with E-state index < -0.39 is 6.10 Å². The number of carbonyl (C=O) groups excluding carboxylic acids is 1. The number of aliphatic hydroxyl groups excluding tert-OH is 1. The van der Waals surface area contributed by atoms with Crippen LogP contribution in [0, 0.1) is 0 Å². The lowest BCUT2D eigenvalue weighted by atomic mass is 10.1. The van der Waals surface area contributed by atoms with Gasteiger partial charge < -0.3 is 20.2 Å². The number of likely N-dealkylation sites (tertiary alicyclic amines) is 1. The summed E-state index contributed by atoms with van der Waals surface area (Å²) in [5, 5.41) is 13.1. The van der Waals surface area contributed by atoms with E-state index in [0.29, 0.717) is 18.5 Å². The van der Waals surface area contributed by atoms with E-state index in [2.05, 4.69) is 10.2 Å². The topological polar surface area (TPSA) is 55.8 Å². The third-order valence-electron chi connectivity index (χ3n) is 3.74. The molecule has 1 aliphatic heterocycles. The molecule has 1 aliphatic rings. The van der Waals surface area contributed by atoms with Gasteiger partial charge in [0.1, 0.15) is 0 Å². The Kier molecular flexibility index (Phi) is 5.20. The number of amides is 1. The zero-order chi connectivity index (χ0) is 15.4. The largest absolute Gasteiger partial charge is 0.391 e. The van der Waals surface area contributed by atoms with E-state index in [-0.39, 0.29) is 11.9 Å². The molecule has 0 aliphatic carbocycles. The second-order valence-electron chi connectivity index (χ2n) is 5.87. The van der Waals surface area contributed by atoms with Gasteiger partial charge in [-0.1, -0.05) is 0 Å². The lowest BCUT2D eigenvalue weighted by Crippen LogP contribution is -2.41. The third-order valence-corrected chi connectivity index (χ3v) is 3.74. The third kappa shape index (κ3) is 3.95. The lowest BCUT2D eigenvalue weighted by Gasteiger charge is -2.27. The van der Waals surface area contributed by atoms with Gasteiger partial charge >= 0.3 is 0 Å². The molecule has 1 fully saturated rings. The summed E-state index contributed by atoms with van der Waals surface area (Å²) in [6.07, 6.45) is 0.235. The molecule has 1 aromatic carbocycles. The van der Waals surface area contributed by atoms with Crippen molar-refractivity contribution in [2.45, 2.75) is 25.5 Å². The molecule has 0 radical (unpaired) electrons. The van der Waals surface area contributed by atoms with E-state index in [1.807, 2.05) is 45.3 Å². The van der Waals surface area contributed by atoms with Gasteiger partial charge in [-0.05, 0) is 51.7 Å². The number of carbonyl (C=O) groups is 1. The Bertz CT molecular complexity index is 473. The highest BCUT2D eigenvalue weighted by molar-refractivity contribution is 5.95. The minimum Gasteiger partial charge on any atom is -0.391 e. The van der Waals surface area contributed by atoms with Crippen molar-refractivity contribution in [1.82, 2.24) is 9.80 Å². The lowest BCUT2D eigenvalue weighted by molar-refractivity contribution is 0.0699. The molecule has 5 nitrogen and oxygen atoms in total. The molecule has 2 N–H and O–H groups in total. The van der Waals surface area contributed by atoms with Crippen molar-refractivity contribution in [3.05, 3.63) is 29.8 Å². The van der Waals surface area contributed by atoms with Crippen LogP contribution in [0.3, 0.4) is 0 Å². The molecule has 0 spiro atoms. The maximum atomic E-state index is 12.6. The number of rotatable bonds is 5. The Balaban J connectivity index is 2.10. The normalized spacial score (nSPS) is 21.9. The summed E-state index contributed by atoms with van der Waals surface area (Å²) < 4.78 is 0. The summed E-state index contributed by atoms with van der Waals surface area (Å²) in [6.45, 7) is 4.09. The molecule has 1 aromatic rings. The van der Waals surface area contributed by atoms with Crippen LogP contribution in [-0.4, -0.2) is 66.7 Å². The summed E-state index contributed by atoms with van der Waals surface area (Å²) in [7, 11) is 3.97. The highest BCUT2D eigenvalue weighted by atomic mass is 16.3. The number of benzene rings is 1.